The first-order valence-electron chi connectivity index (χ1n) is 8.62. The van der Waals surface area contributed by atoms with Gasteiger partial charge in [-0.1, -0.05) is 34.1 Å². The molecule has 0 atom stereocenters. The summed E-state index contributed by atoms with van der Waals surface area (Å²) >= 11 is 6.68. The molecule has 0 fully saturated rings. The quantitative estimate of drug-likeness (QED) is 0.299. The third-order valence-corrected chi connectivity index (χ3v) is 5.25. The number of amides is 1. The minimum atomic E-state index is -0.318. The molecule has 0 unspecified atom stereocenters. The SMILES string of the molecule is O=C(Nc1ccc(N=Cc2cc(Br)cc(Br)c2O)cc1)c1cc2ccccc2o1. The lowest BCUT2D eigenvalue weighted by Gasteiger charge is -2.04. The molecule has 1 aromatic heterocycles. The van der Waals surface area contributed by atoms with E-state index in [4.69, 9.17) is 4.42 Å². The third kappa shape index (κ3) is 4.41. The molecule has 7 heteroatoms. The number of hydrogen-bond acceptors (Lipinski definition) is 4. The Morgan fingerprint density at radius 2 is 1.79 bits per heavy atom. The van der Waals surface area contributed by atoms with Crippen LogP contribution in [0.3, 0.4) is 0 Å². The van der Waals surface area contributed by atoms with Crippen LogP contribution < -0.4 is 5.32 Å². The van der Waals surface area contributed by atoms with E-state index in [0.717, 1.165) is 9.86 Å². The van der Waals surface area contributed by atoms with Gasteiger partial charge in [-0.2, -0.15) is 0 Å². The lowest BCUT2D eigenvalue weighted by molar-refractivity contribution is 0.0998. The van der Waals surface area contributed by atoms with Crippen molar-refractivity contribution in [3.05, 3.63) is 87.0 Å². The summed E-state index contributed by atoms with van der Waals surface area (Å²) < 4.78 is 6.98. The van der Waals surface area contributed by atoms with Crippen LogP contribution in [-0.2, 0) is 0 Å². The topological polar surface area (TPSA) is 74.8 Å². The van der Waals surface area contributed by atoms with Gasteiger partial charge in [0, 0.05) is 27.3 Å². The molecule has 0 spiro atoms. The van der Waals surface area contributed by atoms with E-state index in [-0.39, 0.29) is 17.4 Å². The fourth-order valence-electron chi connectivity index (χ4n) is 2.75. The molecule has 5 nitrogen and oxygen atoms in total. The van der Waals surface area contributed by atoms with Gasteiger partial charge in [-0.05, 0) is 64.5 Å². The molecule has 0 aliphatic heterocycles. The molecule has 4 aromatic rings. The molecule has 2 N–H and O–H groups in total. The molecule has 3 aromatic carbocycles. The number of aromatic hydroxyl groups is 1. The van der Waals surface area contributed by atoms with E-state index in [0.29, 0.717) is 27.0 Å². The molecule has 0 saturated carbocycles. The van der Waals surface area contributed by atoms with Crippen LogP contribution in [0.4, 0.5) is 11.4 Å². The Kier molecular flexibility index (Phi) is 5.51. The number of carbonyl (C=O) groups is 1. The summed E-state index contributed by atoms with van der Waals surface area (Å²) in [6.45, 7) is 0. The number of nitrogens with zero attached hydrogens (tertiary/aromatic N) is 1. The standard InChI is InChI=1S/C22H14Br2N2O3/c23-15-9-14(21(27)18(24)11-15)12-25-16-5-7-17(8-6-16)26-22(28)20-10-13-3-1-2-4-19(13)29-20/h1-12,27H,(H,26,28). The van der Waals surface area contributed by atoms with E-state index in [2.05, 4.69) is 42.2 Å². The van der Waals surface area contributed by atoms with Crippen LogP contribution in [0.15, 0.2) is 85.1 Å². The number of furan rings is 1. The van der Waals surface area contributed by atoms with Crippen LogP contribution in [0.1, 0.15) is 16.1 Å². The molecular weight excluding hydrogens is 500 g/mol. The lowest BCUT2D eigenvalue weighted by Crippen LogP contribution is -2.10. The first-order chi connectivity index (χ1) is 14.0. The minimum Gasteiger partial charge on any atom is -0.506 e. The number of phenols is 1. The molecule has 0 saturated heterocycles. The highest BCUT2D eigenvalue weighted by Gasteiger charge is 2.12. The molecular formula is C22H14Br2N2O3. The Balaban J connectivity index is 1.47. The van der Waals surface area contributed by atoms with E-state index in [1.807, 2.05) is 24.3 Å². The van der Waals surface area contributed by atoms with Crippen molar-refractivity contribution in [1.29, 1.82) is 0 Å². The third-order valence-electron chi connectivity index (χ3n) is 4.18. The average molecular weight is 514 g/mol. The number of phenolic OH excluding ortho intramolecular Hbond substituents is 1. The number of fused-ring (bicyclic) bond motifs is 1. The fraction of sp³-hybridized carbons (Fsp3) is 0. The number of aliphatic imine (C=N–C) groups is 1. The maximum Gasteiger partial charge on any atom is 0.291 e. The van der Waals surface area contributed by atoms with Crippen molar-refractivity contribution in [2.45, 2.75) is 0 Å². The van der Waals surface area contributed by atoms with E-state index in [1.54, 1.807) is 48.7 Å². The molecule has 4 rings (SSSR count). The highest BCUT2D eigenvalue weighted by molar-refractivity contribution is 9.11. The monoisotopic (exact) mass is 512 g/mol. The number of benzene rings is 3. The number of nitrogens with one attached hydrogen (secondary N) is 1. The Hall–Kier alpha value is -2.90. The number of halogens is 2. The van der Waals surface area contributed by atoms with Crippen LogP contribution in [0, 0.1) is 0 Å². The molecule has 0 bridgehead atoms. The second kappa shape index (κ2) is 8.23. The van der Waals surface area contributed by atoms with Gasteiger partial charge < -0.3 is 14.8 Å². The number of para-hydroxylation sites is 1. The summed E-state index contributed by atoms with van der Waals surface area (Å²) in [6.07, 6.45) is 1.58. The van der Waals surface area contributed by atoms with Gasteiger partial charge in [0.2, 0.25) is 0 Å². The normalized spacial score (nSPS) is 11.2. The molecule has 0 aliphatic carbocycles. The minimum absolute atomic E-state index is 0.117. The summed E-state index contributed by atoms with van der Waals surface area (Å²) in [6, 6.07) is 19.8. The number of rotatable bonds is 4. The first-order valence-corrected chi connectivity index (χ1v) is 10.2. The zero-order valence-corrected chi connectivity index (χ0v) is 18.1. The van der Waals surface area contributed by atoms with Crippen molar-refractivity contribution in [1.82, 2.24) is 0 Å². The van der Waals surface area contributed by atoms with Gasteiger partial charge in [-0.15, -0.1) is 0 Å². The van der Waals surface area contributed by atoms with Crippen molar-refractivity contribution in [2.75, 3.05) is 5.32 Å². The van der Waals surface area contributed by atoms with Crippen molar-refractivity contribution < 1.29 is 14.3 Å². The highest BCUT2D eigenvalue weighted by atomic mass is 79.9. The van der Waals surface area contributed by atoms with Crippen LogP contribution in [0.2, 0.25) is 0 Å². The number of hydrogen-bond donors (Lipinski definition) is 2. The first kappa shape index (κ1) is 19.4. The smallest absolute Gasteiger partial charge is 0.291 e. The van der Waals surface area contributed by atoms with Crippen LogP contribution in [0.5, 0.6) is 5.75 Å². The average Bonchev–Trinajstić information content (AvgIpc) is 3.15. The summed E-state index contributed by atoms with van der Waals surface area (Å²) in [4.78, 5) is 16.8. The Morgan fingerprint density at radius 3 is 2.55 bits per heavy atom. The number of anilines is 1. The van der Waals surface area contributed by atoms with E-state index >= 15 is 0 Å². The maximum atomic E-state index is 12.4. The molecule has 0 radical (unpaired) electrons. The zero-order chi connectivity index (χ0) is 20.4. The Bertz CT molecular complexity index is 1200. The predicted octanol–water partition coefficient (Wildman–Crippen LogP) is 6.67. The van der Waals surface area contributed by atoms with Crippen molar-refractivity contribution >= 4 is 66.3 Å². The summed E-state index contributed by atoms with van der Waals surface area (Å²) in [5, 5.41) is 13.8. The van der Waals surface area contributed by atoms with Crippen molar-refractivity contribution in [3.8, 4) is 5.75 Å². The number of carbonyl (C=O) groups excluding carboxylic acids is 1. The van der Waals surface area contributed by atoms with Gasteiger partial charge in [0.15, 0.2) is 5.76 Å². The molecule has 1 heterocycles. The Morgan fingerprint density at radius 1 is 1.03 bits per heavy atom. The second-order valence-electron chi connectivity index (χ2n) is 6.23. The van der Waals surface area contributed by atoms with Gasteiger partial charge in [0.25, 0.3) is 5.91 Å². The van der Waals surface area contributed by atoms with Gasteiger partial charge in [0.1, 0.15) is 11.3 Å². The molecule has 144 valence electrons. The van der Waals surface area contributed by atoms with Gasteiger partial charge in [-0.3, -0.25) is 9.79 Å². The van der Waals surface area contributed by atoms with Crippen LogP contribution >= 0.6 is 31.9 Å². The summed E-state index contributed by atoms with van der Waals surface area (Å²) in [5.74, 6) is 0.0528. The molecule has 29 heavy (non-hydrogen) atoms. The lowest BCUT2D eigenvalue weighted by atomic mass is 10.2. The summed E-state index contributed by atoms with van der Waals surface area (Å²) in [7, 11) is 0. The van der Waals surface area contributed by atoms with Crippen molar-refractivity contribution in [2.24, 2.45) is 4.99 Å². The largest absolute Gasteiger partial charge is 0.506 e. The summed E-state index contributed by atoms with van der Waals surface area (Å²) in [5.41, 5.74) is 2.56. The zero-order valence-electron chi connectivity index (χ0n) is 14.9. The Labute approximate surface area is 183 Å². The van der Waals surface area contributed by atoms with Crippen LogP contribution in [0.25, 0.3) is 11.0 Å². The van der Waals surface area contributed by atoms with Crippen LogP contribution in [-0.4, -0.2) is 17.2 Å². The fourth-order valence-corrected chi connectivity index (χ4v) is 4.00. The van der Waals surface area contributed by atoms with E-state index in [1.165, 1.54) is 0 Å². The molecule has 1 amide bonds. The van der Waals surface area contributed by atoms with E-state index < -0.39 is 0 Å². The maximum absolute atomic E-state index is 12.4. The predicted molar refractivity (Wildman–Crippen MR) is 121 cm³/mol. The van der Waals surface area contributed by atoms with Crippen molar-refractivity contribution in [3.63, 3.8) is 0 Å². The van der Waals surface area contributed by atoms with Gasteiger partial charge in [0.05, 0.1) is 10.2 Å². The second-order valence-corrected chi connectivity index (χ2v) is 8.00. The van der Waals surface area contributed by atoms with Gasteiger partial charge >= 0.3 is 0 Å². The molecule has 0 aliphatic rings. The van der Waals surface area contributed by atoms with E-state index in [9.17, 15) is 9.90 Å². The van der Waals surface area contributed by atoms with Gasteiger partial charge in [-0.25, -0.2) is 0 Å². The highest BCUT2D eigenvalue weighted by Crippen LogP contribution is 2.31.